The maximum Gasteiger partial charge on any atom is 0.244 e. The van der Waals surface area contributed by atoms with E-state index in [4.69, 9.17) is 0 Å². The molecule has 1 N–H and O–H groups in total. The minimum Gasteiger partial charge on any atom is -0.207 e. The van der Waals surface area contributed by atoms with Gasteiger partial charge < -0.3 is 0 Å². The fourth-order valence-corrected chi connectivity index (χ4v) is 3.38. The Labute approximate surface area is 130 Å². The van der Waals surface area contributed by atoms with Gasteiger partial charge in [0.25, 0.3) is 0 Å². The van der Waals surface area contributed by atoms with Crippen LogP contribution in [0.5, 0.6) is 0 Å². The molecule has 2 aromatic carbocycles. The van der Waals surface area contributed by atoms with Crippen molar-refractivity contribution in [3.05, 3.63) is 64.1 Å². The van der Waals surface area contributed by atoms with E-state index in [1.54, 1.807) is 31.2 Å². The molecule has 0 aliphatic rings. The van der Waals surface area contributed by atoms with Gasteiger partial charge in [0.2, 0.25) is 10.0 Å². The second-order valence-electron chi connectivity index (χ2n) is 4.47. The quantitative estimate of drug-likeness (QED) is 0.883. The number of hydrogen-bond donors (Lipinski definition) is 1. The molecule has 0 radical (unpaired) electrons. The second kappa shape index (κ2) is 6.21. The summed E-state index contributed by atoms with van der Waals surface area (Å²) in [6.07, 6.45) is 0. The number of nitrogens with one attached hydrogen (secondary N) is 1. The molecule has 3 nitrogen and oxygen atoms in total. The summed E-state index contributed by atoms with van der Waals surface area (Å²) in [7, 11) is -4.15. The van der Waals surface area contributed by atoms with Gasteiger partial charge in [-0.15, -0.1) is 0 Å². The van der Waals surface area contributed by atoms with Crippen molar-refractivity contribution in [3.8, 4) is 0 Å². The average Bonchev–Trinajstić information content (AvgIpc) is 2.41. The van der Waals surface area contributed by atoms with Crippen LogP contribution in [0.3, 0.4) is 0 Å². The van der Waals surface area contributed by atoms with Gasteiger partial charge >= 0.3 is 0 Å². The van der Waals surface area contributed by atoms with E-state index in [-0.39, 0.29) is 0 Å². The number of benzene rings is 2. The highest BCUT2D eigenvalue weighted by Gasteiger charge is 2.22. The molecule has 0 aliphatic heterocycles. The highest BCUT2D eigenvalue weighted by atomic mass is 79.9. The molecule has 0 saturated heterocycles. The third-order valence-corrected chi connectivity index (χ3v) is 4.97. The molecule has 1 atom stereocenters. The maximum absolute atomic E-state index is 13.6. The molecule has 0 spiro atoms. The van der Waals surface area contributed by atoms with Gasteiger partial charge in [-0.05, 0) is 42.8 Å². The van der Waals surface area contributed by atoms with Gasteiger partial charge in [0.1, 0.15) is 16.5 Å². The summed E-state index contributed by atoms with van der Waals surface area (Å²) in [6.45, 7) is 1.62. The van der Waals surface area contributed by atoms with Crippen LogP contribution < -0.4 is 4.72 Å². The van der Waals surface area contributed by atoms with E-state index in [9.17, 15) is 17.2 Å². The van der Waals surface area contributed by atoms with Crippen molar-refractivity contribution >= 4 is 26.0 Å². The first-order valence-electron chi connectivity index (χ1n) is 6.02. The van der Waals surface area contributed by atoms with Crippen LogP contribution in [0.1, 0.15) is 18.5 Å². The van der Waals surface area contributed by atoms with Crippen molar-refractivity contribution in [1.29, 1.82) is 0 Å². The Kier molecular flexibility index (Phi) is 4.75. The van der Waals surface area contributed by atoms with E-state index < -0.39 is 32.6 Å². The van der Waals surface area contributed by atoms with Crippen molar-refractivity contribution in [2.75, 3.05) is 0 Å². The van der Waals surface area contributed by atoms with Crippen molar-refractivity contribution < 1.29 is 17.2 Å². The predicted molar refractivity (Wildman–Crippen MR) is 79.2 cm³/mol. The molecule has 0 bridgehead atoms. The van der Waals surface area contributed by atoms with Gasteiger partial charge in [-0.25, -0.2) is 21.9 Å². The molecular weight excluding hydrogens is 364 g/mol. The number of halogens is 3. The van der Waals surface area contributed by atoms with Crippen LogP contribution in [0.4, 0.5) is 8.78 Å². The lowest BCUT2D eigenvalue weighted by Gasteiger charge is -2.15. The summed E-state index contributed by atoms with van der Waals surface area (Å²) >= 11 is 3.28. The summed E-state index contributed by atoms with van der Waals surface area (Å²) < 4.78 is 54.1. The Morgan fingerprint density at radius 3 is 2.33 bits per heavy atom. The first kappa shape index (κ1) is 16.1. The Hall–Kier alpha value is -1.31. The standard InChI is InChI=1S/C14H12BrF2NO2S/c1-9(10-2-4-11(15)5-3-10)18-21(19,20)14-8-12(16)6-7-13(14)17/h2-9,18H,1H3. The third kappa shape index (κ3) is 3.87. The lowest BCUT2D eigenvalue weighted by molar-refractivity contribution is 0.538. The summed E-state index contributed by atoms with van der Waals surface area (Å²) in [4.78, 5) is -0.702. The van der Waals surface area contributed by atoms with E-state index in [1.165, 1.54) is 0 Å². The molecule has 21 heavy (non-hydrogen) atoms. The number of hydrogen-bond acceptors (Lipinski definition) is 2. The third-order valence-electron chi connectivity index (χ3n) is 2.88. The Bertz CT molecular complexity index is 748. The SMILES string of the molecule is CC(NS(=O)(=O)c1cc(F)ccc1F)c1ccc(Br)cc1. The smallest absolute Gasteiger partial charge is 0.207 e. The van der Waals surface area contributed by atoms with Crippen LogP contribution in [-0.4, -0.2) is 8.42 Å². The fourth-order valence-electron chi connectivity index (χ4n) is 1.80. The molecule has 0 saturated carbocycles. The predicted octanol–water partition coefficient (Wildman–Crippen LogP) is 3.77. The van der Waals surface area contributed by atoms with Crippen LogP contribution in [-0.2, 0) is 10.0 Å². The van der Waals surface area contributed by atoms with Gasteiger partial charge in [0.15, 0.2) is 0 Å². The zero-order valence-corrected chi connectivity index (χ0v) is 13.4. The van der Waals surface area contributed by atoms with Crippen LogP contribution in [0.2, 0.25) is 0 Å². The van der Waals surface area contributed by atoms with E-state index in [0.29, 0.717) is 11.6 Å². The fraction of sp³-hybridized carbons (Fsp3) is 0.143. The lowest BCUT2D eigenvalue weighted by Crippen LogP contribution is -2.27. The van der Waals surface area contributed by atoms with Crippen molar-refractivity contribution in [2.45, 2.75) is 17.9 Å². The Morgan fingerprint density at radius 1 is 1.10 bits per heavy atom. The van der Waals surface area contributed by atoms with Gasteiger partial charge in [0.05, 0.1) is 0 Å². The van der Waals surface area contributed by atoms with Gasteiger partial charge in [0, 0.05) is 10.5 Å². The lowest BCUT2D eigenvalue weighted by atomic mass is 10.1. The van der Waals surface area contributed by atoms with Crippen molar-refractivity contribution in [1.82, 2.24) is 4.72 Å². The second-order valence-corrected chi connectivity index (χ2v) is 7.07. The molecular formula is C14H12BrF2NO2S. The summed E-state index contributed by atoms with van der Waals surface area (Å²) in [5.41, 5.74) is 0.707. The van der Waals surface area contributed by atoms with E-state index >= 15 is 0 Å². The zero-order chi connectivity index (χ0) is 15.6. The zero-order valence-electron chi connectivity index (χ0n) is 11.0. The van der Waals surface area contributed by atoms with Gasteiger partial charge in [-0.2, -0.15) is 0 Å². The van der Waals surface area contributed by atoms with Crippen molar-refractivity contribution in [3.63, 3.8) is 0 Å². The maximum atomic E-state index is 13.6. The topological polar surface area (TPSA) is 46.2 Å². The molecule has 2 rings (SSSR count). The van der Waals surface area contributed by atoms with E-state index in [2.05, 4.69) is 20.7 Å². The Balaban J connectivity index is 2.28. The van der Waals surface area contributed by atoms with Gasteiger partial charge in [-0.3, -0.25) is 0 Å². The molecule has 7 heteroatoms. The minimum atomic E-state index is -4.15. The van der Waals surface area contributed by atoms with E-state index in [0.717, 1.165) is 16.6 Å². The normalized spacial score (nSPS) is 13.1. The molecule has 0 fully saturated rings. The highest BCUT2D eigenvalue weighted by Crippen LogP contribution is 2.21. The summed E-state index contributed by atoms with van der Waals surface area (Å²) in [6, 6.07) is 8.74. The number of rotatable bonds is 4. The van der Waals surface area contributed by atoms with Crippen LogP contribution in [0, 0.1) is 11.6 Å². The first-order valence-corrected chi connectivity index (χ1v) is 8.30. The van der Waals surface area contributed by atoms with Crippen LogP contribution in [0.15, 0.2) is 51.8 Å². The molecule has 0 heterocycles. The molecule has 112 valence electrons. The summed E-state index contributed by atoms with van der Waals surface area (Å²) in [5, 5.41) is 0. The first-order chi connectivity index (χ1) is 9.79. The number of sulfonamides is 1. The molecule has 0 aromatic heterocycles. The molecule has 0 aliphatic carbocycles. The molecule has 0 amide bonds. The monoisotopic (exact) mass is 375 g/mol. The minimum absolute atomic E-state index is 0.578. The molecule has 1 unspecified atom stereocenters. The average molecular weight is 376 g/mol. The van der Waals surface area contributed by atoms with Crippen molar-refractivity contribution in [2.24, 2.45) is 0 Å². The van der Waals surface area contributed by atoms with Crippen LogP contribution in [0.25, 0.3) is 0 Å². The highest BCUT2D eigenvalue weighted by molar-refractivity contribution is 9.10. The van der Waals surface area contributed by atoms with Gasteiger partial charge in [-0.1, -0.05) is 28.1 Å². The Morgan fingerprint density at radius 2 is 1.71 bits per heavy atom. The molecule has 2 aromatic rings. The van der Waals surface area contributed by atoms with E-state index in [1.807, 2.05) is 0 Å². The summed E-state index contributed by atoms with van der Waals surface area (Å²) in [5.74, 6) is -1.81. The van der Waals surface area contributed by atoms with Crippen LogP contribution >= 0.6 is 15.9 Å². The largest absolute Gasteiger partial charge is 0.244 e.